The number of ether oxygens (including phenoxy) is 1. The van der Waals surface area contributed by atoms with Gasteiger partial charge in [-0.25, -0.2) is 22.9 Å². The molecule has 1 saturated heterocycles. The molecule has 1 fully saturated rings. The largest absolute Gasteiger partial charge is 0.373 e. The van der Waals surface area contributed by atoms with Crippen molar-refractivity contribution in [3.63, 3.8) is 0 Å². The number of aryl methyl sites for hydroxylation is 1. The van der Waals surface area contributed by atoms with Crippen LogP contribution < -0.4 is 5.14 Å². The summed E-state index contributed by atoms with van der Waals surface area (Å²) in [6.07, 6.45) is 0.0693. The summed E-state index contributed by atoms with van der Waals surface area (Å²) in [5.41, 5.74) is 2.32. The smallest absolute Gasteiger partial charge is 0.238 e. The standard InChI is InChI=1S/C22H24ClFN4O4S/c1-3-20(29)27-6-7-32-14(11-27)12-28-19-5-4-13(2)8-18(19)26-22(28)21-16(23)9-15(10-17(21)24)33(25,30)31/h4-5,8-10,14H,3,6-7,11-12H2,1-2H3,(H2,25,30,31)/t14-/m1/s1. The van der Waals surface area contributed by atoms with Crippen LogP contribution in [0.2, 0.25) is 5.02 Å². The van der Waals surface area contributed by atoms with E-state index in [2.05, 4.69) is 4.98 Å². The number of hydrogen-bond acceptors (Lipinski definition) is 5. The summed E-state index contributed by atoms with van der Waals surface area (Å²) in [6, 6.07) is 7.62. The van der Waals surface area contributed by atoms with Gasteiger partial charge in [0.1, 0.15) is 11.6 Å². The van der Waals surface area contributed by atoms with Gasteiger partial charge >= 0.3 is 0 Å². The number of rotatable bonds is 5. The van der Waals surface area contributed by atoms with Crippen LogP contribution in [0.25, 0.3) is 22.4 Å². The zero-order valence-electron chi connectivity index (χ0n) is 18.2. The Kier molecular flexibility index (Phi) is 6.45. The number of morpholine rings is 1. The summed E-state index contributed by atoms with van der Waals surface area (Å²) < 4.78 is 46.2. The monoisotopic (exact) mass is 494 g/mol. The molecule has 0 bridgehead atoms. The number of carbonyl (C=O) groups excluding carboxylic acids is 1. The highest BCUT2D eigenvalue weighted by molar-refractivity contribution is 7.89. The Morgan fingerprint density at radius 3 is 2.76 bits per heavy atom. The van der Waals surface area contributed by atoms with Crippen molar-refractivity contribution in [1.29, 1.82) is 0 Å². The summed E-state index contributed by atoms with van der Waals surface area (Å²) in [5.74, 6) is -0.573. The molecule has 4 rings (SSSR count). The van der Waals surface area contributed by atoms with Crippen molar-refractivity contribution >= 4 is 38.6 Å². The maximum absolute atomic E-state index is 15.2. The third-order valence-electron chi connectivity index (χ3n) is 5.65. The molecule has 2 heterocycles. The summed E-state index contributed by atoms with van der Waals surface area (Å²) >= 11 is 6.33. The van der Waals surface area contributed by atoms with Crippen molar-refractivity contribution in [3.8, 4) is 11.4 Å². The minimum absolute atomic E-state index is 0.0322. The third kappa shape index (κ3) is 4.74. The lowest BCUT2D eigenvalue weighted by Gasteiger charge is -2.33. The van der Waals surface area contributed by atoms with Crippen LogP contribution >= 0.6 is 11.6 Å². The molecule has 8 nitrogen and oxygen atoms in total. The highest BCUT2D eigenvalue weighted by Gasteiger charge is 2.27. The van der Waals surface area contributed by atoms with Crippen LogP contribution in [0.5, 0.6) is 0 Å². The van der Waals surface area contributed by atoms with Gasteiger partial charge in [-0.15, -0.1) is 0 Å². The van der Waals surface area contributed by atoms with E-state index in [1.165, 1.54) is 0 Å². The van der Waals surface area contributed by atoms with E-state index in [4.69, 9.17) is 21.5 Å². The van der Waals surface area contributed by atoms with Crippen LogP contribution in [-0.2, 0) is 26.1 Å². The van der Waals surface area contributed by atoms with Gasteiger partial charge in [-0.05, 0) is 36.8 Å². The molecule has 0 spiro atoms. The second kappa shape index (κ2) is 9.02. The predicted octanol–water partition coefficient (Wildman–Crippen LogP) is 3.09. The molecule has 1 aliphatic rings. The van der Waals surface area contributed by atoms with E-state index in [9.17, 15) is 13.2 Å². The van der Waals surface area contributed by atoms with Crippen molar-refractivity contribution in [1.82, 2.24) is 14.5 Å². The fourth-order valence-electron chi connectivity index (χ4n) is 4.03. The maximum Gasteiger partial charge on any atom is 0.238 e. The van der Waals surface area contributed by atoms with Crippen LogP contribution in [-0.4, -0.2) is 54.6 Å². The first-order chi connectivity index (χ1) is 15.6. The van der Waals surface area contributed by atoms with Crippen molar-refractivity contribution in [3.05, 3.63) is 46.7 Å². The van der Waals surface area contributed by atoms with Gasteiger partial charge in [0.2, 0.25) is 15.9 Å². The number of halogens is 2. The van der Waals surface area contributed by atoms with Crippen LogP contribution in [0.1, 0.15) is 18.9 Å². The number of imidazole rings is 1. The molecule has 1 atom stereocenters. The lowest BCUT2D eigenvalue weighted by atomic mass is 10.1. The first-order valence-electron chi connectivity index (χ1n) is 10.5. The Bertz CT molecular complexity index is 1320. The molecular formula is C22H24ClFN4O4S. The Morgan fingerprint density at radius 2 is 2.09 bits per heavy atom. The average molecular weight is 495 g/mol. The molecule has 176 valence electrons. The summed E-state index contributed by atoms with van der Waals surface area (Å²) in [7, 11) is -4.14. The molecule has 1 aromatic heterocycles. The van der Waals surface area contributed by atoms with E-state index in [1.54, 1.807) is 9.47 Å². The van der Waals surface area contributed by atoms with Gasteiger partial charge in [0.05, 0.1) is 45.8 Å². The van der Waals surface area contributed by atoms with E-state index >= 15 is 4.39 Å². The van der Waals surface area contributed by atoms with E-state index in [-0.39, 0.29) is 28.4 Å². The third-order valence-corrected chi connectivity index (χ3v) is 6.84. The van der Waals surface area contributed by atoms with E-state index in [0.717, 1.165) is 23.2 Å². The van der Waals surface area contributed by atoms with E-state index < -0.39 is 20.7 Å². The highest BCUT2D eigenvalue weighted by atomic mass is 35.5. The summed E-state index contributed by atoms with van der Waals surface area (Å²) in [6.45, 7) is 5.36. The van der Waals surface area contributed by atoms with Gasteiger partial charge < -0.3 is 14.2 Å². The predicted molar refractivity (Wildman–Crippen MR) is 123 cm³/mol. The number of fused-ring (bicyclic) bond motifs is 1. The first-order valence-corrected chi connectivity index (χ1v) is 12.4. The maximum atomic E-state index is 15.2. The number of sulfonamides is 1. The summed E-state index contributed by atoms with van der Waals surface area (Å²) in [4.78, 5) is 18.1. The summed E-state index contributed by atoms with van der Waals surface area (Å²) in [5, 5.41) is 5.02. The number of nitrogens with zero attached hydrogens (tertiary/aromatic N) is 3. The Hall–Kier alpha value is -2.53. The SMILES string of the molecule is CCC(=O)N1CCO[C@@H](Cn2c(-c3c(F)cc(S(N)(=O)=O)cc3Cl)nc3cc(C)ccc32)C1. The number of nitrogens with two attached hydrogens (primary N) is 1. The van der Waals surface area contributed by atoms with Crippen molar-refractivity contribution < 1.29 is 22.3 Å². The first kappa shape index (κ1) is 23.6. The van der Waals surface area contributed by atoms with Gasteiger partial charge in [-0.1, -0.05) is 24.6 Å². The van der Waals surface area contributed by atoms with E-state index in [1.807, 2.05) is 32.0 Å². The van der Waals surface area contributed by atoms with Gasteiger partial charge in [0.15, 0.2) is 0 Å². The van der Waals surface area contributed by atoms with Crippen LogP contribution in [0.15, 0.2) is 35.2 Å². The van der Waals surface area contributed by atoms with Gasteiger partial charge in [0, 0.05) is 19.5 Å². The number of carbonyl (C=O) groups is 1. The normalized spacial score (nSPS) is 17.0. The van der Waals surface area contributed by atoms with Gasteiger partial charge in [-0.3, -0.25) is 4.79 Å². The number of amides is 1. The molecule has 0 unspecified atom stereocenters. The zero-order valence-corrected chi connectivity index (χ0v) is 19.8. The molecule has 11 heteroatoms. The molecule has 33 heavy (non-hydrogen) atoms. The highest BCUT2D eigenvalue weighted by Crippen LogP contribution is 2.35. The fraction of sp³-hybridized carbons (Fsp3) is 0.364. The Labute approximate surface area is 196 Å². The molecule has 2 aromatic carbocycles. The molecule has 2 N–H and O–H groups in total. The van der Waals surface area contributed by atoms with Crippen LogP contribution in [0.3, 0.4) is 0 Å². The molecule has 0 radical (unpaired) electrons. The number of hydrogen-bond donors (Lipinski definition) is 1. The Morgan fingerprint density at radius 1 is 1.33 bits per heavy atom. The second-order valence-electron chi connectivity index (χ2n) is 8.03. The molecule has 3 aromatic rings. The molecule has 0 saturated carbocycles. The average Bonchev–Trinajstić information content (AvgIpc) is 3.09. The van der Waals surface area contributed by atoms with Crippen molar-refractivity contribution in [2.45, 2.75) is 37.8 Å². The minimum Gasteiger partial charge on any atom is -0.373 e. The number of benzene rings is 2. The lowest BCUT2D eigenvalue weighted by molar-refractivity contribution is -0.138. The number of aromatic nitrogens is 2. The quantitative estimate of drug-likeness (QED) is 0.586. The van der Waals surface area contributed by atoms with Crippen LogP contribution in [0, 0.1) is 12.7 Å². The van der Waals surface area contributed by atoms with Crippen molar-refractivity contribution in [2.75, 3.05) is 19.7 Å². The second-order valence-corrected chi connectivity index (χ2v) is 10.00. The molecule has 1 amide bonds. The fourth-order valence-corrected chi connectivity index (χ4v) is 4.93. The Balaban J connectivity index is 1.82. The van der Waals surface area contributed by atoms with Crippen molar-refractivity contribution in [2.24, 2.45) is 5.14 Å². The lowest BCUT2D eigenvalue weighted by Crippen LogP contribution is -2.46. The minimum atomic E-state index is -4.14. The van der Waals surface area contributed by atoms with Crippen LogP contribution in [0.4, 0.5) is 4.39 Å². The zero-order chi connectivity index (χ0) is 23.9. The van der Waals surface area contributed by atoms with E-state index in [0.29, 0.717) is 38.2 Å². The molecular weight excluding hydrogens is 471 g/mol. The van der Waals surface area contributed by atoms with Gasteiger partial charge in [0.25, 0.3) is 0 Å². The number of primary sulfonamides is 1. The molecule has 0 aliphatic carbocycles. The van der Waals surface area contributed by atoms with Gasteiger partial charge in [-0.2, -0.15) is 0 Å². The molecule has 1 aliphatic heterocycles. The topological polar surface area (TPSA) is 108 Å².